The van der Waals surface area contributed by atoms with Crippen molar-refractivity contribution >= 4 is 0 Å². The molecule has 0 N–H and O–H groups in total. The van der Waals surface area contributed by atoms with Gasteiger partial charge < -0.3 is 18.9 Å². The zero-order valence-corrected chi connectivity index (χ0v) is 32.7. The molecule has 5 aromatic carbocycles. The van der Waals surface area contributed by atoms with E-state index in [0.29, 0.717) is 85.6 Å². The van der Waals surface area contributed by atoms with E-state index in [0.717, 1.165) is 26.4 Å². The zero-order chi connectivity index (χ0) is 37.5. The number of rotatable bonds is 18. The molecule has 0 radical (unpaired) electrons. The van der Waals surface area contributed by atoms with Crippen LogP contribution in [0.4, 0.5) is 0 Å². The summed E-state index contributed by atoms with van der Waals surface area (Å²) in [6.45, 7) is 5.92. The second kappa shape index (κ2) is 18.0. The SMILES string of the molecule is c1ccc(COC[C@@H]2[C@H]3C[C@H](C[C@@H]3c3ccccc3[C@H]3C[C@H]4C[C@@H]3[C@@H](COCc3ccccc3)[C@H]4COCc3ccccc3)[C@@H]2COCc2ccccc2)cc1. The Morgan fingerprint density at radius 1 is 0.321 bits per heavy atom. The maximum atomic E-state index is 6.58. The molecule has 56 heavy (non-hydrogen) atoms. The van der Waals surface area contributed by atoms with Gasteiger partial charge in [0.15, 0.2) is 0 Å². The molecule has 4 saturated carbocycles. The Kier molecular flexibility index (Phi) is 12.1. The van der Waals surface area contributed by atoms with Crippen molar-refractivity contribution in [2.45, 2.75) is 63.9 Å². The van der Waals surface area contributed by atoms with Crippen LogP contribution in [-0.2, 0) is 45.4 Å². The topological polar surface area (TPSA) is 36.9 Å². The molecule has 0 spiro atoms. The van der Waals surface area contributed by atoms with Crippen molar-refractivity contribution in [1.82, 2.24) is 0 Å². The van der Waals surface area contributed by atoms with E-state index < -0.39 is 0 Å². The molecule has 0 saturated heterocycles. The second-order valence-corrected chi connectivity index (χ2v) is 17.3. The third-order valence-corrected chi connectivity index (χ3v) is 14.2. The van der Waals surface area contributed by atoms with Crippen LogP contribution >= 0.6 is 0 Å². The maximum absolute atomic E-state index is 6.58. The molecule has 10 atom stereocenters. The molecular weight excluding hydrogens is 689 g/mol. The quantitative estimate of drug-likeness (QED) is 0.0895. The number of hydrogen-bond acceptors (Lipinski definition) is 4. The van der Waals surface area contributed by atoms with Gasteiger partial charge in [-0.1, -0.05) is 146 Å². The molecule has 4 heteroatoms. The van der Waals surface area contributed by atoms with Gasteiger partial charge in [0.05, 0.1) is 52.9 Å². The van der Waals surface area contributed by atoms with Gasteiger partial charge >= 0.3 is 0 Å². The summed E-state index contributed by atoms with van der Waals surface area (Å²) in [5.74, 6) is 5.78. The van der Waals surface area contributed by atoms with E-state index in [2.05, 4.69) is 146 Å². The van der Waals surface area contributed by atoms with Crippen molar-refractivity contribution in [2.24, 2.45) is 47.3 Å². The van der Waals surface area contributed by atoms with Crippen molar-refractivity contribution in [3.63, 3.8) is 0 Å². The van der Waals surface area contributed by atoms with Gasteiger partial charge in [0, 0.05) is 0 Å². The normalized spacial score (nSPS) is 28.9. The third-order valence-electron chi connectivity index (χ3n) is 14.2. The van der Waals surface area contributed by atoms with Crippen LogP contribution in [0.2, 0.25) is 0 Å². The fourth-order valence-corrected chi connectivity index (χ4v) is 11.7. The molecule has 0 amide bonds. The van der Waals surface area contributed by atoms with Crippen LogP contribution in [0.15, 0.2) is 146 Å². The van der Waals surface area contributed by atoms with E-state index in [1.54, 1.807) is 11.1 Å². The maximum Gasteiger partial charge on any atom is 0.0717 e. The first-order valence-electron chi connectivity index (χ1n) is 21.3. The van der Waals surface area contributed by atoms with E-state index in [4.69, 9.17) is 18.9 Å². The first-order chi connectivity index (χ1) is 27.8. The summed E-state index contributed by atoms with van der Waals surface area (Å²) < 4.78 is 26.1. The van der Waals surface area contributed by atoms with E-state index in [-0.39, 0.29) is 0 Å². The van der Waals surface area contributed by atoms with Crippen LogP contribution in [0.1, 0.15) is 70.9 Å². The van der Waals surface area contributed by atoms with Gasteiger partial charge in [-0.15, -0.1) is 0 Å². The molecular formula is C52H58O4. The standard InChI is InChI=1S/C52H58O4/c1-5-15-37(16-6-1)29-53-33-49-41-25-45(47(27-41)51(49)35-55-31-39-19-9-3-10-20-39)43-23-13-14-24-44(43)46-26-42-28-48(46)52(36-56-32-40-21-11-4-12-22-40)50(42)34-54-30-38-17-7-2-8-18-38/h1-24,41-42,45-52H,25-36H2/t41-,42-,45+,46+,47-,48-,49-,50-,51+,52+/m0/s1. The minimum Gasteiger partial charge on any atom is -0.376 e. The van der Waals surface area contributed by atoms with Gasteiger partial charge in [-0.3, -0.25) is 0 Å². The summed E-state index contributed by atoms with van der Waals surface area (Å²) in [6, 6.07) is 52.2. The third kappa shape index (κ3) is 8.46. The highest BCUT2D eigenvalue weighted by Crippen LogP contribution is 2.63. The molecule has 290 valence electrons. The molecule has 0 aromatic heterocycles. The Morgan fingerprint density at radius 2 is 0.607 bits per heavy atom. The molecule has 4 aliphatic rings. The Hall–Kier alpha value is -4.06. The van der Waals surface area contributed by atoms with Crippen molar-refractivity contribution in [3.8, 4) is 0 Å². The minimum absolute atomic E-state index is 0.497. The molecule has 4 bridgehead atoms. The lowest BCUT2D eigenvalue weighted by molar-refractivity contribution is -0.00621. The lowest BCUT2D eigenvalue weighted by Gasteiger charge is -2.39. The van der Waals surface area contributed by atoms with Crippen molar-refractivity contribution < 1.29 is 18.9 Å². The van der Waals surface area contributed by atoms with Crippen LogP contribution in [0.3, 0.4) is 0 Å². The first-order valence-corrected chi connectivity index (χ1v) is 21.3. The van der Waals surface area contributed by atoms with Crippen molar-refractivity contribution in [1.29, 1.82) is 0 Å². The monoisotopic (exact) mass is 746 g/mol. The van der Waals surface area contributed by atoms with Gasteiger partial charge in [-0.25, -0.2) is 0 Å². The number of hydrogen-bond donors (Lipinski definition) is 0. The lowest BCUT2D eigenvalue weighted by Crippen LogP contribution is -2.35. The molecule has 5 aromatic rings. The molecule has 0 heterocycles. The lowest BCUT2D eigenvalue weighted by atomic mass is 9.67. The van der Waals surface area contributed by atoms with Crippen molar-refractivity contribution in [2.75, 3.05) is 26.4 Å². The average molecular weight is 747 g/mol. The predicted molar refractivity (Wildman–Crippen MR) is 223 cm³/mol. The molecule has 4 aliphatic carbocycles. The fraction of sp³-hybridized carbons (Fsp3) is 0.423. The summed E-state index contributed by atoms with van der Waals surface area (Å²) in [4.78, 5) is 0. The van der Waals surface area contributed by atoms with E-state index in [1.807, 2.05) is 0 Å². The molecule has 9 rings (SSSR count). The predicted octanol–water partition coefficient (Wildman–Crippen LogP) is 11.3. The highest BCUT2D eigenvalue weighted by molar-refractivity contribution is 5.38. The Morgan fingerprint density at radius 3 is 0.929 bits per heavy atom. The van der Waals surface area contributed by atoms with E-state index in [9.17, 15) is 0 Å². The Balaban J connectivity index is 0.915. The largest absolute Gasteiger partial charge is 0.376 e. The minimum atomic E-state index is 0.497. The van der Waals surface area contributed by atoms with Crippen LogP contribution < -0.4 is 0 Å². The number of benzene rings is 5. The Bertz CT molecular complexity index is 1790. The summed E-state index contributed by atoms with van der Waals surface area (Å²) in [5.41, 5.74) is 8.23. The first kappa shape index (κ1) is 37.5. The smallest absolute Gasteiger partial charge is 0.0717 e. The summed E-state index contributed by atoms with van der Waals surface area (Å²) in [7, 11) is 0. The number of fused-ring (bicyclic) bond motifs is 4. The molecule has 4 fully saturated rings. The van der Waals surface area contributed by atoms with Crippen LogP contribution in [0, 0.1) is 47.3 Å². The van der Waals surface area contributed by atoms with E-state index >= 15 is 0 Å². The zero-order valence-electron chi connectivity index (χ0n) is 32.7. The van der Waals surface area contributed by atoms with E-state index in [1.165, 1.54) is 47.9 Å². The average Bonchev–Trinajstić information content (AvgIpc) is 4.04. The molecule has 0 unspecified atom stereocenters. The summed E-state index contributed by atoms with van der Waals surface area (Å²) in [6.07, 6.45) is 5.09. The highest BCUT2D eigenvalue weighted by Gasteiger charge is 2.56. The van der Waals surface area contributed by atoms with Gasteiger partial charge in [0.2, 0.25) is 0 Å². The Labute approximate surface area is 334 Å². The van der Waals surface area contributed by atoms with Gasteiger partial charge in [0.25, 0.3) is 0 Å². The van der Waals surface area contributed by atoms with Gasteiger partial charge in [-0.2, -0.15) is 0 Å². The number of ether oxygens (including phenoxy) is 4. The molecule has 4 nitrogen and oxygen atoms in total. The second-order valence-electron chi connectivity index (χ2n) is 17.3. The summed E-state index contributed by atoms with van der Waals surface area (Å²) >= 11 is 0. The molecule has 0 aliphatic heterocycles. The summed E-state index contributed by atoms with van der Waals surface area (Å²) in [5, 5.41) is 0. The van der Waals surface area contributed by atoms with Crippen LogP contribution in [0.5, 0.6) is 0 Å². The van der Waals surface area contributed by atoms with Crippen LogP contribution in [0.25, 0.3) is 0 Å². The fourth-order valence-electron chi connectivity index (χ4n) is 11.7. The van der Waals surface area contributed by atoms with Gasteiger partial charge in [0.1, 0.15) is 0 Å². The highest BCUT2D eigenvalue weighted by atomic mass is 16.5. The van der Waals surface area contributed by atoms with Crippen LogP contribution in [-0.4, -0.2) is 26.4 Å². The van der Waals surface area contributed by atoms with Crippen molar-refractivity contribution in [3.05, 3.63) is 179 Å². The van der Waals surface area contributed by atoms with Gasteiger partial charge in [-0.05, 0) is 118 Å².